The summed E-state index contributed by atoms with van der Waals surface area (Å²) in [6.07, 6.45) is 0.703. The molecule has 2 aromatic carbocycles. The summed E-state index contributed by atoms with van der Waals surface area (Å²) in [5.74, 6) is 1.30. The molecule has 1 heterocycles. The second kappa shape index (κ2) is 7.20. The van der Waals surface area contributed by atoms with E-state index in [1.165, 1.54) is 0 Å². The van der Waals surface area contributed by atoms with E-state index in [0.29, 0.717) is 12.2 Å². The fourth-order valence-electron chi connectivity index (χ4n) is 3.31. The smallest absolute Gasteiger partial charge is 0.258 e. The topological polar surface area (TPSA) is 47.6 Å². The average molecular weight is 374 g/mol. The molecule has 0 fully saturated rings. The van der Waals surface area contributed by atoms with Gasteiger partial charge in [-0.1, -0.05) is 29.8 Å². The summed E-state index contributed by atoms with van der Waals surface area (Å²) in [5.41, 5.74) is 2.53. The number of benzene rings is 2. The van der Waals surface area contributed by atoms with Crippen LogP contribution in [0, 0.1) is 13.8 Å². The molecule has 1 N–H and O–H groups in total. The zero-order valence-corrected chi connectivity index (χ0v) is 16.3. The molecule has 4 nitrogen and oxygen atoms in total. The van der Waals surface area contributed by atoms with Gasteiger partial charge in [0.1, 0.15) is 17.1 Å². The number of aryl methyl sites for hydroxylation is 2. The van der Waals surface area contributed by atoms with Crippen LogP contribution in [0.3, 0.4) is 0 Å². The molecule has 5 heteroatoms. The van der Waals surface area contributed by atoms with Gasteiger partial charge in [0.2, 0.25) is 0 Å². The number of ether oxygens (including phenoxy) is 2. The van der Waals surface area contributed by atoms with Crippen molar-refractivity contribution in [3.05, 3.63) is 58.1 Å². The zero-order chi connectivity index (χ0) is 18.9. The van der Waals surface area contributed by atoms with Gasteiger partial charge >= 0.3 is 0 Å². The van der Waals surface area contributed by atoms with Crippen LogP contribution < -0.4 is 14.8 Å². The minimum Gasteiger partial charge on any atom is -0.487 e. The van der Waals surface area contributed by atoms with Gasteiger partial charge in [0.25, 0.3) is 5.91 Å². The average Bonchev–Trinajstić information content (AvgIpc) is 2.56. The summed E-state index contributed by atoms with van der Waals surface area (Å²) in [5, 5.41) is 3.80. The monoisotopic (exact) mass is 373 g/mol. The summed E-state index contributed by atoms with van der Waals surface area (Å²) < 4.78 is 11.7. The van der Waals surface area contributed by atoms with Crippen LogP contribution >= 0.6 is 11.6 Å². The third kappa shape index (κ3) is 4.13. The molecule has 138 valence electrons. The first-order chi connectivity index (χ1) is 12.2. The molecule has 0 aromatic heterocycles. The van der Waals surface area contributed by atoms with Gasteiger partial charge in [-0.2, -0.15) is 0 Å². The van der Waals surface area contributed by atoms with Crippen molar-refractivity contribution in [2.75, 3.05) is 6.61 Å². The molecular weight excluding hydrogens is 350 g/mol. The summed E-state index contributed by atoms with van der Waals surface area (Å²) in [4.78, 5) is 12.4. The molecule has 3 rings (SSSR count). The van der Waals surface area contributed by atoms with Crippen LogP contribution in [0.4, 0.5) is 0 Å². The molecule has 0 saturated heterocycles. The van der Waals surface area contributed by atoms with Crippen molar-refractivity contribution in [2.45, 2.75) is 45.8 Å². The Hall–Kier alpha value is -2.20. The minimum absolute atomic E-state index is 0.0412. The highest BCUT2D eigenvalue weighted by Gasteiger charge is 2.34. The molecule has 0 radical (unpaired) electrons. The molecule has 0 saturated carbocycles. The molecule has 0 bridgehead atoms. The van der Waals surface area contributed by atoms with Gasteiger partial charge in [0, 0.05) is 17.0 Å². The van der Waals surface area contributed by atoms with Crippen LogP contribution in [0.25, 0.3) is 0 Å². The number of para-hydroxylation sites is 1. The molecule has 1 aliphatic rings. The minimum atomic E-state index is -0.336. The first kappa shape index (κ1) is 18.6. The van der Waals surface area contributed by atoms with Crippen LogP contribution in [0.15, 0.2) is 36.4 Å². The molecule has 1 atom stereocenters. The van der Waals surface area contributed by atoms with E-state index in [2.05, 4.69) is 5.32 Å². The Bertz CT molecular complexity index is 809. The number of hydrogen-bond acceptors (Lipinski definition) is 3. The number of hydrogen-bond donors (Lipinski definition) is 1. The number of carbonyl (C=O) groups is 1. The zero-order valence-electron chi connectivity index (χ0n) is 15.6. The van der Waals surface area contributed by atoms with Crippen molar-refractivity contribution in [1.82, 2.24) is 5.32 Å². The lowest BCUT2D eigenvalue weighted by molar-refractivity contribution is -0.124. The number of nitrogens with one attached hydrogen (secondary N) is 1. The van der Waals surface area contributed by atoms with Crippen LogP contribution in [0.5, 0.6) is 11.5 Å². The van der Waals surface area contributed by atoms with Gasteiger partial charge < -0.3 is 14.8 Å². The molecule has 0 unspecified atom stereocenters. The van der Waals surface area contributed by atoms with Crippen LogP contribution in [-0.2, 0) is 4.79 Å². The Kier molecular flexibility index (Phi) is 5.15. The van der Waals surface area contributed by atoms with E-state index in [0.717, 1.165) is 27.5 Å². The second-order valence-electron chi connectivity index (χ2n) is 7.38. The van der Waals surface area contributed by atoms with Crippen LogP contribution in [0.2, 0.25) is 5.02 Å². The maximum absolute atomic E-state index is 12.4. The first-order valence-electron chi connectivity index (χ1n) is 8.72. The van der Waals surface area contributed by atoms with Gasteiger partial charge in [0.05, 0.1) is 6.04 Å². The first-order valence-corrected chi connectivity index (χ1v) is 9.10. The second-order valence-corrected chi connectivity index (χ2v) is 7.76. The predicted molar refractivity (Wildman–Crippen MR) is 103 cm³/mol. The van der Waals surface area contributed by atoms with Crippen LogP contribution in [0.1, 0.15) is 43.0 Å². The highest BCUT2D eigenvalue weighted by molar-refractivity contribution is 6.32. The number of carbonyl (C=O) groups excluding carboxylic acids is 1. The number of rotatable bonds is 4. The Morgan fingerprint density at radius 1 is 1.27 bits per heavy atom. The summed E-state index contributed by atoms with van der Waals surface area (Å²) in [6, 6.07) is 11.4. The van der Waals surface area contributed by atoms with Crippen molar-refractivity contribution in [3.8, 4) is 11.5 Å². The highest BCUT2D eigenvalue weighted by atomic mass is 35.5. The van der Waals surface area contributed by atoms with E-state index in [9.17, 15) is 4.79 Å². The molecule has 1 amide bonds. The highest BCUT2D eigenvalue weighted by Crippen LogP contribution is 2.39. The van der Waals surface area contributed by atoms with Crippen molar-refractivity contribution in [2.24, 2.45) is 0 Å². The standard InChI is InChI=1S/C21H24ClNO3/c1-13-9-15(10-14(2)20(13)22)25-12-19(24)23-17-11-21(3,4)26-18-8-6-5-7-16(17)18/h5-10,17H,11-12H2,1-4H3,(H,23,24)/t17-/m0/s1. The van der Waals surface area contributed by atoms with E-state index < -0.39 is 0 Å². The summed E-state index contributed by atoms with van der Waals surface area (Å²) in [6.45, 7) is 7.85. The Morgan fingerprint density at radius 3 is 2.62 bits per heavy atom. The lowest BCUT2D eigenvalue weighted by Crippen LogP contribution is -2.42. The van der Waals surface area contributed by atoms with Gasteiger partial charge in [-0.25, -0.2) is 0 Å². The van der Waals surface area contributed by atoms with E-state index in [-0.39, 0.29) is 24.2 Å². The number of fused-ring (bicyclic) bond motifs is 1. The van der Waals surface area contributed by atoms with Crippen molar-refractivity contribution < 1.29 is 14.3 Å². The fraction of sp³-hybridized carbons (Fsp3) is 0.381. The van der Waals surface area contributed by atoms with Gasteiger partial charge in [-0.3, -0.25) is 4.79 Å². The van der Waals surface area contributed by atoms with Crippen molar-refractivity contribution in [1.29, 1.82) is 0 Å². The maximum atomic E-state index is 12.4. The summed E-state index contributed by atoms with van der Waals surface area (Å²) >= 11 is 6.17. The quantitative estimate of drug-likeness (QED) is 0.840. The Morgan fingerprint density at radius 2 is 1.92 bits per heavy atom. The Labute approximate surface area is 159 Å². The molecule has 0 aliphatic carbocycles. The third-order valence-electron chi connectivity index (χ3n) is 4.49. The van der Waals surface area contributed by atoms with Crippen molar-refractivity contribution >= 4 is 17.5 Å². The van der Waals surface area contributed by atoms with E-state index in [1.54, 1.807) is 0 Å². The van der Waals surface area contributed by atoms with Gasteiger partial charge in [0.15, 0.2) is 6.61 Å². The summed E-state index contributed by atoms with van der Waals surface area (Å²) in [7, 11) is 0. The van der Waals surface area contributed by atoms with Crippen LogP contribution in [-0.4, -0.2) is 18.1 Å². The lowest BCUT2D eigenvalue weighted by Gasteiger charge is -2.37. The number of halogens is 1. The van der Waals surface area contributed by atoms with E-state index in [1.807, 2.05) is 64.1 Å². The predicted octanol–water partition coefficient (Wildman–Crippen LogP) is 4.75. The Balaban J connectivity index is 1.67. The molecule has 0 spiro atoms. The van der Waals surface area contributed by atoms with Gasteiger partial charge in [-0.05, 0) is 57.0 Å². The van der Waals surface area contributed by atoms with Crippen molar-refractivity contribution in [3.63, 3.8) is 0 Å². The normalized spacial score (nSPS) is 17.8. The fourth-order valence-corrected chi connectivity index (χ4v) is 3.41. The maximum Gasteiger partial charge on any atom is 0.258 e. The third-order valence-corrected chi connectivity index (χ3v) is 5.09. The molecule has 1 aliphatic heterocycles. The lowest BCUT2D eigenvalue weighted by atomic mass is 9.90. The number of amides is 1. The molecule has 26 heavy (non-hydrogen) atoms. The van der Waals surface area contributed by atoms with Gasteiger partial charge in [-0.15, -0.1) is 0 Å². The molecule has 2 aromatic rings. The van der Waals surface area contributed by atoms with E-state index >= 15 is 0 Å². The molecular formula is C21H24ClNO3. The SMILES string of the molecule is Cc1cc(OCC(=O)N[C@H]2CC(C)(C)Oc3ccccc32)cc(C)c1Cl. The van der Waals surface area contributed by atoms with E-state index in [4.69, 9.17) is 21.1 Å². The largest absolute Gasteiger partial charge is 0.487 e.